The number of rotatable bonds is 4. The van der Waals surface area contributed by atoms with Crippen molar-refractivity contribution < 1.29 is 9.39 Å². The van der Waals surface area contributed by atoms with E-state index in [1.807, 2.05) is 35.3 Å². The molecule has 4 atom stereocenters. The maximum absolute atomic E-state index is 13.7. The molecule has 180 valence electrons. The number of hydrogen-bond donors (Lipinski definition) is 1. The number of nitrogens with zero attached hydrogens (tertiary/aromatic N) is 3. The van der Waals surface area contributed by atoms with Gasteiger partial charge in [0.05, 0.1) is 23.8 Å². The molecule has 2 aromatic rings. The van der Waals surface area contributed by atoms with Crippen molar-refractivity contribution in [1.82, 2.24) is 5.43 Å². The van der Waals surface area contributed by atoms with Crippen LogP contribution in [0.4, 0.5) is 5.69 Å². The zero-order valence-corrected chi connectivity index (χ0v) is 22.0. The number of hydrogen-bond acceptors (Lipinski definition) is 3. The monoisotopic (exact) mass is 519 g/mol. The summed E-state index contributed by atoms with van der Waals surface area (Å²) < 4.78 is 0.566. The summed E-state index contributed by atoms with van der Waals surface area (Å²) >= 11 is 18.9. The summed E-state index contributed by atoms with van der Waals surface area (Å²) in [7, 11) is 2.13. The van der Waals surface area contributed by atoms with Crippen molar-refractivity contribution in [3.63, 3.8) is 0 Å². The number of amides is 1. The largest absolute Gasteiger partial charge is 0.312 e. The van der Waals surface area contributed by atoms with Crippen molar-refractivity contribution in [2.75, 3.05) is 25.1 Å². The predicted octanol–water partition coefficient (Wildman–Crippen LogP) is 6.50. The molecule has 0 bridgehead atoms. The zero-order valence-electron chi connectivity index (χ0n) is 19.7. The van der Waals surface area contributed by atoms with E-state index in [-0.39, 0.29) is 11.9 Å². The number of quaternary nitrogens is 1. The van der Waals surface area contributed by atoms with Crippen LogP contribution in [0.25, 0.3) is 0 Å². The van der Waals surface area contributed by atoms with E-state index in [0.29, 0.717) is 42.9 Å². The highest BCUT2D eigenvalue weighted by Gasteiger charge is 2.52. The lowest BCUT2D eigenvalue weighted by Crippen LogP contribution is -2.59. The second-order valence-corrected chi connectivity index (χ2v) is 12.0. The molecule has 2 aromatic carbocycles. The van der Waals surface area contributed by atoms with E-state index in [2.05, 4.69) is 26.3 Å². The first kappa shape index (κ1) is 23.9. The highest BCUT2D eigenvalue weighted by Crippen LogP contribution is 2.49. The summed E-state index contributed by atoms with van der Waals surface area (Å²) in [5.41, 5.74) is 4.94. The van der Waals surface area contributed by atoms with E-state index in [4.69, 9.17) is 39.9 Å². The van der Waals surface area contributed by atoms with E-state index < -0.39 is 5.41 Å². The maximum Gasteiger partial charge on any atom is 0.312 e. The van der Waals surface area contributed by atoms with Crippen molar-refractivity contribution in [2.24, 2.45) is 22.4 Å². The van der Waals surface area contributed by atoms with E-state index in [1.165, 1.54) is 19.3 Å². The molecule has 3 aliphatic rings. The number of carbonyl (C=O) groups excluding carboxylic acids is 1. The van der Waals surface area contributed by atoms with Crippen LogP contribution in [-0.2, 0) is 4.79 Å². The summed E-state index contributed by atoms with van der Waals surface area (Å²) in [6.45, 7) is 6.09. The SMILES string of the molecule is CC1(C)C(C(=O)N[N+]2(C)CC3CCC[C@H]3C2)=NN(c2ccc(Cl)cc2Cl)C1c1ccc(Cl)cc1. The highest BCUT2D eigenvalue weighted by molar-refractivity contribution is 6.42. The molecule has 0 aromatic heterocycles. The van der Waals surface area contributed by atoms with Crippen LogP contribution in [0.15, 0.2) is 47.6 Å². The molecule has 3 unspecified atom stereocenters. The second-order valence-electron chi connectivity index (χ2n) is 10.7. The Morgan fingerprint density at radius 3 is 2.26 bits per heavy atom. The van der Waals surface area contributed by atoms with Gasteiger partial charge in [0, 0.05) is 27.3 Å². The van der Waals surface area contributed by atoms with Gasteiger partial charge in [-0.2, -0.15) is 10.5 Å². The Kier molecular flexibility index (Phi) is 6.12. The Morgan fingerprint density at radius 2 is 1.65 bits per heavy atom. The van der Waals surface area contributed by atoms with Crippen LogP contribution in [0.1, 0.15) is 44.7 Å². The minimum Gasteiger partial charge on any atom is -0.263 e. The summed E-state index contributed by atoms with van der Waals surface area (Å²) in [6.07, 6.45) is 3.84. The molecule has 1 N–H and O–H groups in total. The number of anilines is 1. The third-order valence-electron chi connectivity index (χ3n) is 7.77. The van der Waals surface area contributed by atoms with Crippen molar-refractivity contribution in [2.45, 2.75) is 39.2 Å². The Labute approximate surface area is 216 Å². The first-order valence-corrected chi connectivity index (χ1v) is 13.0. The van der Waals surface area contributed by atoms with Crippen LogP contribution >= 0.6 is 34.8 Å². The quantitative estimate of drug-likeness (QED) is 0.468. The van der Waals surface area contributed by atoms with Gasteiger partial charge >= 0.3 is 5.91 Å². The summed E-state index contributed by atoms with van der Waals surface area (Å²) in [6, 6.07) is 12.8. The molecule has 1 amide bonds. The van der Waals surface area contributed by atoms with E-state index in [9.17, 15) is 4.79 Å². The molecule has 0 radical (unpaired) electrons. The highest BCUT2D eigenvalue weighted by atomic mass is 35.5. The number of carbonyl (C=O) groups is 1. The fraction of sp³-hybridized carbons (Fsp3) is 0.462. The lowest BCUT2D eigenvalue weighted by molar-refractivity contribution is -0.934. The summed E-state index contributed by atoms with van der Waals surface area (Å²) in [5.74, 6) is 1.28. The van der Waals surface area contributed by atoms with Gasteiger partial charge in [-0.1, -0.05) is 67.2 Å². The average molecular weight is 521 g/mol. The molecule has 8 heteroatoms. The smallest absolute Gasteiger partial charge is 0.263 e. The van der Waals surface area contributed by atoms with Gasteiger partial charge in [-0.15, -0.1) is 0 Å². The van der Waals surface area contributed by atoms with Gasteiger partial charge in [0.15, 0.2) is 0 Å². The number of likely N-dealkylation sites (tertiary alicyclic amines) is 1. The fourth-order valence-corrected chi connectivity index (χ4v) is 6.85. The predicted molar refractivity (Wildman–Crippen MR) is 139 cm³/mol. The van der Waals surface area contributed by atoms with Gasteiger partial charge < -0.3 is 0 Å². The van der Waals surface area contributed by atoms with Gasteiger partial charge in [0.25, 0.3) is 0 Å². The van der Waals surface area contributed by atoms with Gasteiger partial charge in [-0.25, -0.2) is 4.59 Å². The normalized spacial score (nSPS) is 29.8. The minimum absolute atomic E-state index is 0.126. The Balaban J connectivity index is 1.51. The average Bonchev–Trinajstić information content (AvgIpc) is 3.38. The van der Waals surface area contributed by atoms with E-state index >= 15 is 0 Å². The molecular formula is C26H30Cl3N4O+. The van der Waals surface area contributed by atoms with Crippen LogP contribution in [-0.4, -0.2) is 36.3 Å². The second kappa shape index (κ2) is 8.70. The Hall–Kier alpha value is -1.79. The number of halogens is 3. The number of nitrogens with one attached hydrogen (secondary N) is 1. The molecule has 2 fully saturated rings. The van der Waals surface area contributed by atoms with Gasteiger partial charge in [-0.3, -0.25) is 9.80 Å². The first-order chi connectivity index (χ1) is 16.1. The van der Waals surface area contributed by atoms with Gasteiger partial charge in [0.1, 0.15) is 18.8 Å². The molecule has 34 heavy (non-hydrogen) atoms. The van der Waals surface area contributed by atoms with Crippen LogP contribution in [0.2, 0.25) is 15.1 Å². The fourth-order valence-electron chi connectivity index (χ4n) is 6.22. The van der Waals surface area contributed by atoms with Crippen LogP contribution < -0.4 is 10.4 Å². The van der Waals surface area contributed by atoms with Crippen LogP contribution in [0.5, 0.6) is 0 Å². The topological polar surface area (TPSA) is 44.7 Å². The molecule has 1 saturated carbocycles. The van der Waals surface area contributed by atoms with E-state index in [1.54, 1.807) is 12.1 Å². The molecule has 5 rings (SSSR count). The molecule has 2 aliphatic heterocycles. The van der Waals surface area contributed by atoms with Crippen molar-refractivity contribution in [3.8, 4) is 0 Å². The number of hydrazone groups is 1. The van der Waals surface area contributed by atoms with Crippen molar-refractivity contribution in [1.29, 1.82) is 0 Å². The first-order valence-electron chi connectivity index (χ1n) is 11.8. The Bertz CT molecular complexity index is 1140. The third kappa shape index (κ3) is 4.21. The number of fused-ring (bicyclic) bond motifs is 1. The zero-order chi connectivity index (χ0) is 24.3. The van der Waals surface area contributed by atoms with Gasteiger partial charge in [-0.05, 0) is 48.7 Å². The van der Waals surface area contributed by atoms with Gasteiger partial charge in [0.2, 0.25) is 0 Å². The summed E-state index contributed by atoms with van der Waals surface area (Å²) in [4.78, 5) is 13.7. The third-order valence-corrected chi connectivity index (χ3v) is 8.56. The molecular weight excluding hydrogens is 491 g/mol. The molecule has 1 aliphatic carbocycles. The molecule has 0 spiro atoms. The number of benzene rings is 2. The lowest BCUT2D eigenvalue weighted by Gasteiger charge is -2.34. The molecule has 2 heterocycles. The molecule has 1 saturated heterocycles. The minimum atomic E-state index is -0.588. The molecule has 5 nitrogen and oxygen atoms in total. The lowest BCUT2D eigenvalue weighted by atomic mass is 9.77. The Morgan fingerprint density at radius 1 is 1.03 bits per heavy atom. The van der Waals surface area contributed by atoms with E-state index in [0.717, 1.165) is 18.7 Å². The van der Waals surface area contributed by atoms with Crippen molar-refractivity contribution in [3.05, 3.63) is 63.1 Å². The van der Waals surface area contributed by atoms with Crippen LogP contribution in [0.3, 0.4) is 0 Å². The maximum atomic E-state index is 13.7. The van der Waals surface area contributed by atoms with Crippen LogP contribution in [0, 0.1) is 17.3 Å². The summed E-state index contributed by atoms with van der Waals surface area (Å²) in [5, 5.41) is 8.45. The standard InChI is InChI=1S/C26H29Cl3N4O/c1-26(2)23(25(34)31-33(3)14-17-5-4-6-18(17)15-33)30-32(22-12-11-20(28)13-21(22)29)24(26)16-7-9-19(27)10-8-16/h7-13,17-18,24H,4-6,14-15H2,1-3H3/p+1/t17-,18?,24?,33?/m0/s1. The van der Waals surface area contributed by atoms with Crippen molar-refractivity contribution >= 4 is 52.1 Å².